The molecule has 1 aromatic heterocycles. The van der Waals surface area contributed by atoms with Gasteiger partial charge < -0.3 is 14.9 Å². The molecule has 3 rings (SSSR count). The third kappa shape index (κ3) is 4.74. The number of nitrogens with zero attached hydrogens (tertiary/aromatic N) is 1. The van der Waals surface area contributed by atoms with Crippen molar-refractivity contribution in [2.75, 3.05) is 11.1 Å². The smallest absolute Gasteiger partial charge is 0.243 e. The van der Waals surface area contributed by atoms with Gasteiger partial charge in [-0.25, -0.2) is 0 Å². The van der Waals surface area contributed by atoms with E-state index in [1.165, 1.54) is 11.8 Å². The lowest BCUT2D eigenvalue weighted by Crippen LogP contribution is -2.20. The van der Waals surface area contributed by atoms with Crippen molar-refractivity contribution in [2.24, 2.45) is 0 Å². The number of thioether (sulfide) groups is 1. The van der Waals surface area contributed by atoms with E-state index in [0.717, 1.165) is 11.1 Å². The molecular formula is C20H20N2O3S. The summed E-state index contributed by atoms with van der Waals surface area (Å²) >= 11 is 1.39. The molecule has 3 aromatic rings. The molecule has 0 aliphatic rings. The van der Waals surface area contributed by atoms with Gasteiger partial charge in [0.05, 0.1) is 6.10 Å². The van der Waals surface area contributed by atoms with Crippen molar-refractivity contribution in [3.63, 3.8) is 0 Å². The molecule has 6 heteroatoms. The van der Waals surface area contributed by atoms with Gasteiger partial charge in [-0.05, 0) is 18.1 Å². The van der Waals surface area contributed by atoms with E-state index in [1.807, 2.05) is 60.7 Å². The molecule has 2 aromatic carbocycles. The quantitative estimate of drug-likeness (QED) is 0.656. The third-order valence-electron chi connectivity index (χ3n) is 3.82. The van der Waals surface area contributed by atoms with Crippen LogP contribution in [0.4, 0.5) is 5.82 Å². The van der Waals surface area contributed by atoms with Gasteiger partial charge in [0.15, 0.2) is 5.82 Å². The largest absolute Gasteiger partial charge is 0.388 e. The van der Waals surface area contributed by atoms with Crippen molar-refractivity contribution in [3.8, 4) is 0 Å². The lowest BCUT2D eigenvalue weighted by Gasteiger charge is -2.18. The summed E-state index contributed by atoms with van der Waals surface area (Å²) in [4.78, 5) is 12.8. The Labute approximate surface area is 156 Å². The lowest BCUT2D eigenvalue weighted by atomic mass is 10.1. The molecule has 0 saturated carbocycles. The molecule has 0 fully saturated rings. The molecule has 0 radical (unpaired) electrons. The lowest BCUT2D eigenvalue weighted by molar-refractivity contribution is -0.115. The number of carbonyl (C=O) groups is 1. The summed E-state index contributed by atoms with van der Waals surface area (Å²) in [7, 11) is 0. The second-order valence-corrected chi connectivity index (χ2v) is 7.00. The molecule has 2 N–H and O–H groups in total. The van der Waals surface area contributed by atoms with Crippen LogP contribution in [0.1, 0.15) is 28.2 Å². The number of aliphatic hydroxyl groups excluding tert-OH is 1. The third-order valence-corrected chi connectivity index (χ3v) is 5.15. The maximum absolute atomic E-state index is 12.8. The van der Waals surface area contributed by atoms with Gasteiger partial charge in [0.1, 0.15) is 11.0 Å². The Hall–Kier alpha value is -2.57. The van der Waals surface area contributed by atoms with Crippen molar-refractivity contribution in [1.29, 1.82) is 0 Å². The Morgan fingerprint density at radius 1 is 1.12 bits per heavy atom. The van der Waals surface area contributed by atoms with E-state index in [-0.39, 0.29) is 5.91 Å². The van der Waals surface area contributed by atoms with E-state index in [1.54, 1.807) is 13.0 Å². The number of carbonyl (C=O) groups excluding carboxylic acids is 1. The average molecular weight is 368 g/mol. The Balaban J connectivity index is 1.72. The van der Waals surface area contributed by atoms with Gasteiger partial charge in [0.25, 0.3) is 0 Å². The molecule has 0 aliphatic heterocycles. The summed E-state index contributed by atoms with van der Waals surface area (Å²) in [6, 6.07) is 20.6. The molecule has 0 bridgehead atoms. The van der Waals surface area contributed by atoms with E-state index < -0.39 is 11.4 Å². The molecule has 0 spiro atoms. The summed E-state index contributed by atoms with van der Waals surface area (Å²) in [6.07, 6.45) is -0.644. The Morgan fingerprint density at radius 2 is 1.73 bits per heavy atom. The molecule has 5 nitrogen and oxygen atoms in total. The molecule has 1 amide bonds. The van der Waals surface area contributed by atoms with Crippen molar-refractivity contribution >= 4 is 23.5 Å². The van der Waals surface area contributed by atoms with E-state index in [2.05, 4.69) is 10.5 Å². The number of amides is 1. The minimum atomic E-state index is -0.644. The van der Waals surface area contributed by atoms with Crippen LogP contribution < -0.4 is 5.32 Å². The van der Waals surface area contributed by atoms with Crippen LogP contribution in [-0.2, 0) is 4.79 Å². The summed E-state index contributed by atoms with van der Waals surface area (Å²) in [5.74, 6) is 1.21. The zero-order chi connectivity index (χ0) is 18.4. The number of aliphatic hydroxyl groups is 1. The maximum Gasteiger partial charge on any atom is 0.243 e. The van der Waals surface area contributed by atoms with Crippen LogP contribution in [0.25, 0.3) is 0 Å². The fraction of sp³-hybridized carbons (Fsp3) is 0.200. The number of nitrogens with one attached hydrogen (secondary N) is 1. The normalized spacial score (nSPS) is 13.2. The van der Waals surface area contributed by atoms with Crippen LogP contribution in [0.3, 0.4) is 0 Å². The molecule has 0 aliphatic carbocycles. The molecule has 26 heavy (non-hydrogen) atoms. The number of hydrogen-bond donors (Lipinski definition) is 2. The molecule has 1 heterocycles. The zero-order valence-corrected chi connectivity index (χ0v) is 15.1. The van der Waals surface area contributed by atoms with Crippen LogP contribution in [0.15, 0.2) is 71.3 Å². The number of rotatable bonds is 7. The average Bonchev–Trinajstić information content (AvgIpc) is 3.08. The molecule has 0 saturated heterocycles. The first-order valence-electron chi connectivity index (χ1n) is 8.27. The number of benzene rings is 2. The standard InChI is InChI=1S/C20H20N2O3S/c1-14-12-18(22-25-14)21-20(24)19(16-10-6-3-7-11-16)26-13-17(23)15-8-4-2-5-9-15/h2-12,17,19,23H,13H2,1H3,(H,21,22,24). The van der Waals surface area contributed by atoms with E-state index in [4.69, 9.17) is 4.52 Å². The molecule has 2 atom stereocenters. The van der Waals surface area contributed by atoms with E-state index in [0.29, 0.717) is 17.3 Å². The summed E-state index contributed by atoms with van der Waals surface area (Å²) < 4.78 is 5.00. The van der Waals surface area contributed by atoms with Gasteiger partial charge in [-0.2, -0.15) is 0 Å². The molecule has 2 unspecified atom stereocenters. The predicted octanol–water partition coefficient (Wildman–Crippen LogP) is 4.13. The topological polar surface area (TPSA) is 75.4 Å². The van der Waals surface area contributed by atoms with Crippen molar-refractivity contribution < 1.29 is 14.4 Å². The number of anilines is 1. The van der Waals surface area contributed by atoms with Crippen LogP contribution in [0.5, 0.6) is 0 Å². The Bertz CT molecular complexity index is 837. The second kappa shape index (κ2) is 8.69. The van der Waals surface area contributed by atoms with Crippen molar-refractivity contribution in [2.45, 2.75) is 18.3 Å². The summed E-state index contributed by atoms with van der Waals surface area (Å²) in [5, 5.41) is 16.5. The summed E-state index contributed by atoms with van der Waals surface area (Å²) in [6.45, 7) is 1.77. The number of aromatic nitrogens is 1. The maximum atomic E-state index is 12.8. The highest BCUT2D eigenvalue weighted by atomic mass is 32.2. The predicted molar refractivity (Wildman–Crippen MR) is 103 cm³/mol. The SMILES string of the molecule is Cc1cc(NC(=O)C(SCC(O)c2ccccc2)c2ccccc2)no1. The van der Waals surface area contributed by atoms with Crippen molar-refractivity contribution in [1.82, 2.24) is 5.16 Å². The van der Waals surface area contributed by atoms with Crippen LogP contribution in [-0.4, -0.2) is 21.9 Å². The number of hydrogen-bond acceptors (Lipinski definition) is 5. The minimum Gasteiger partial charge on any atom is -0.388 e. The van der Waals surface area contributed by atoms with Crippen LogP contribution in [0, 0.1) is 6.92 Å². The minimum absolute atomic E-state index is 0.199. The first-order chi connectivity index (χ1) is 12.6. The van der Waals surface area contributed by atoms with Crippen molar-refractivity contribution in [3.05, 3.63) is 83.6 Å². The number of aryl methyl sites for hydroxylation is 1. The second-order valence-electron chi connectivity index (χ2n) is 5.86. The highest BCUT2D eigenvalue weighted by Crippen LogP contribution is 2.33. The zero-order valence-electron chi connectivity index (χ0n) is 14.3. The monoisotopic (exact) mass is 368 g/mol. The van der Waals surface area contributed by atoms with E-state index >= 15 is 0 Å². The summed E-state index contributed by atoms with van der Waals surface area (Å²) in [5.41, 5.74) is 1.70. The van der Waals surface area contributed by atoms with Gasteiger partial charge in [-0.3, -0.25) is 4.79 Å². The fourth-order valence-electron chi connectivity index (χ4n) is 2.53. The van der Waals surface area contributed by atoms with Crippen LogP contribution in [0.2, 0.25) is 0 Å². The highest BCUT2D eigenvalue weighted by molar-refractivity contribution is 8.00. The fourth-order valence-corrected chi connectivity index (χ4v) is 3.65. The van der Waals surface area contributed by atoms with Gasteiger partial charge in [-0.15, -0.1) is 11.8 Å². The molecule has 134 valence electrons. The Morgan fingerprint density at radius 3 is 2.31 bits per heavy atom. The first kappa shape index (κ1) is 18.2. The molecular weight excluding hydrogens is 348 g/mol. The Kier molecular flexibility index (Phi) is 6.09. The van der Waals surface area contributed by atoms with Gasteiger partial charge in [0, 0.05) is 11.8 Å². The first-order valence-corrected chi connectivity index (χ1v) is 9.32. The van der Waals surface area contributed by atoms with Gasteiger partial charge in [0.2, 0.25) is 5.91 Å². The highest BCUT2D eigenvalue weighted by Gasteiger charge is 2.23. The van der Waals surface area contributed by atoms with Gasteiger partial charge >= 0.3 is 0 Å². The van der Waals surface area contributed by atoms with Crippen LogP contribution >= 0.6 is 11.8 Å². The van der Waals surface area contributed by atoms with Gasteiger partial charge in [-0.1, -0.05) is 65.8 Å². The van der Waals surface area contributed by atoms with E-state index in [9.17, 15) is 9.90 Å².